The molecule has 1 aromatic carbocycles. The molecule has 3 heterocycles. The minimum atomic E-state index is -0.281. The standard InChI is InChI=1S/C17H14N8O/c26-15(10-12-11-19-25(24-12)13-6-2-1-3-7-13)20-17-21-16(22-23-17)14-8-4-5-9-18-14/h1-9,11H,10H2,(H2,20,21,22,23,26). The van der Waals surface area contributed by atoms with Gasteiger partial charge in [-0.3, -0.25) is 20.2 Å². The van der Waals surface area contributed by atoms with Gasteiger partial charge in [0, 0.05) is 6.20 Å². The molecular formula is C17H14N8O. The minimum Gasteiger partial charge on any atom is -0.293 e. The molecule has 0 saturated carbocycles. The van der Waals surface area contributed by atoms with Crippen molar-refractivity contribution in [2.45, 2.75) is 6.42 Å². The lowest BCUT2D eigenvalue weighted by atomic mass is 10.3. The van der Waals surface area contributed by atoms with Gasteiger partial charge in [-0.15, -0.1) is 5.10 Å². The normalized spacial score (nSPS) is 10.6. The molecule has 0 bridgehead atoms. The zero-order chi connectivity index (χ0) is 17.8. The van der Waals surface area contributed by atoms with Gasteiger partial charge < -0.3 is 0 Å². The van der Waals surface area contributed by atoms with Gasteiger partial charge in [0.15, 0.2) is 5.82 Å². The number of anilines is 1. The molecule has 128 valence electrons. The number of aromatic amines is 1. The van der Waals surface area contributed by atoms with Gasteiger partial charge in [0.05, 0.1) is 24.0 Å². The number of carbonyl (C=O) groups excluding carboxylic acids is 1. The Hall–Kier alpha value is -3.88. The lowest BCUT2D eigenvalue weighted by molar-refractivity contribution is -0.115. The number of pyridine rings is 1. The monoisotopic (exact) mass is 346 g/mol. The van der Waals surface area contributed by atoms with Crippen molar-refractivity contribution < 1.29 is 4.79 Å². The summed E-state index contributed by atoms with van der Waals surface area (Å²) in [6.07, 6.45) is 3.29. The summed E-state index contributed by atoms with van der Waals surface area (Å²) in [7, 11) is 0. The molecule has 9 heteroatoms. The summed E-state index contributed by atoms with van der Waals surface area (Å²) in [5.74, 6) is 0.388. The van der Waals surface area contributed by atoms with E-state index in [1.54, 1.807) is 18.5 Å². The summed E-state index contributed by atoms with van der Waals surface area (Å²) in [4.78, 5) is 22.0. The van der Waals surface area contributed by atoms with Crippen LogP contribution in [-0.2, 0) is 11.2 Å². The summed E-state index contributed by atoms with van der Waals surface area (Å²) < 4.78 is 0. The average molecular weight is 346 g/mol. The third-order valence-electron chi connectivity index (χ3n) is 3.51. The Bertz CT molecular complexity index is 928. The molecule has 0 radical (unpaired) electrons. The Kier molecular flexibility index (Phi) is 4.17. The van der Waals surface area contributed by atoms with Crippen LogP contribution in [0.1, 0.15) is 5.69 Å². The largest absolute Gasteiger partial charge is 0.293 e. The summed E-state index contributed by atoms with van der Waals surface area (Å²) in [5.41, 5.74) is 2.02. The van der Waals surface area contributed by atoms with E-state index in [2.05, 4.69) is 35.7 Å². The molecule has 0 aliphatic heterocycles. The molecule has 0 atom stereocenters. The number of nitrogens with one attached hydrogen (secondary N) is 2. The topological polar surface area (TPSA) is 114 Å². The van der Waals surface area contributed by atoms with E-state index in [9.17, 15) is 4.79 Å². The molecule has 0 aliphatic carbocycles. The van der Waals surface area contributed by atoms with Crippen LogP contribution in [0.3, 0.4) is 0 Å². The van der Waals surface area contributed by atoms with Crippen molar-refractivity contribution in [1.29, 1.82) is 0 Å². The summed E-state index contributed by atoms with van der Waals surface area (Å²) in [5, 5.41) is 17.8. The van der Waals surface area contributed by atoms with E-state index in [0.29, 0.717) is 17.2 Å². The minimum absolute atomic E-state index is 0.0697. The van der Waals surface area contributed by atoms with Gasteiger partial charge in [-0.2, -0.15) is 20.0 Å². The van der Waals surface area contributed by atoms with Crippen LogP contribution in [0.4, 0.5) is 5.95 Å². The highest BCUT2D eigenvalue weighted by Crippen LogP contribution is 2.12. The lowest BCUT2D eigenvalue weighted by Gasteiger charge is -1.99. The third-order valence-corrected chi connectivity index (χ3v) is 3.51. The van der Waals surface area contributed by atoms with Crippen molar-refractivity contribution in [3.8, 4) is 17.2 Å². The van der Waals surface area contributed by atoms with Gasteiger partial charge in [0.2, 0.25) is 11.9 Å². The van der Waals surface area contributed by atoms with Crippen molar-refractivity contribution >= 4 is 11.9 Å². The fraction of sp³-hybridized carbons (Fsp3) is 0.0588. The molecule has 2 N–H and O–H groups in total. The number of nitrogens with zero attached hydrogens (tertiary/aromatic N) is 6. The molecule has 0 fully saturated rings. The van der Waals surface area contributed by atoms with Crippen LogP contribution in [0, 0.1) is 0 Å². The molecular weight excluding hydrogens is 332 g/mol. The Morgan fingerprint density at radius 1 is 1.12 bits per heavy atom. The molecule has 4 rings (SSSR count). The highest BCUT2D eigenvalue weighted by atomic mass is 16.1. The predicted octanol–water partition coefficient (Wildman–Crippen LogP) is 1.63. The second-order valence-electron chi connectivity index (χ2n) is 5.41. The first-order valence-electron chi connectivity index (χ1n) is 7.88. The molecule has 0 saturated heterocycles. The van der Waals surface area contributed by atoms with Crippen LogP contribution in [0.2, 0.25) is 0 Å². The fourth-order valence-corrected chi connectivity index (χ4v) is 2.33. The molecule has 1 amide bonds. The molecule has 0 unspecified atom stereocenters. The van der Waals surface area contributed by atoms with E-state index in [1.807, 2.05) is 42.5 Å². The summed E-state index contributed by atoms with van der Waals surface area (Å²) >= 11 is 0. The number of H-pyrrole nitrogens is 1. The van der Waals surface area contributed by atoms with Crippen LogP contribution >= 0.6 is 0 Å². The maximum Gasteiger partial charge on any atom is 0.249 e. The zero-order valence-electron chi connectivity index (χ0n) is 13.6. The quantitative estimate of drug-likeness (QED) is 0.568. The van der Waals surface area contributed by atoms with Crippen molar-refractivity contribution in [2.75, 3.05) is 5.32 Å². The van der Waals surface area contributed by atoms with E-state index >= 15 is 0 Å². The molecule has 9 nitrogen and oxygen atoms in total. The first kappa shape index (κ1) is 15.6. The van der Waals surface area contributed by atoms with E-state index < -0.39 is 0 Å². The Labute approximate surface area is 148 Å². The fourth-order valence-electron chi connectivity index (χ4n) is 2.33. The van der Waals surface area contributed by atoms with Crippen molar-refractivity contribution in [3.05, 3.63) is 66.6 Å². The Morgan fingerprint density at radius 3 is 2.77 bits per heavy atom. The van der Waals surface area contributed by atoms with Crippen LogP contribution in [0.15, 0.2) is 60.9 Å². The number of benzene rings is 1. The van der Waals surface area contributed by atoms with Gasteiger partial charge in [-0.25, -0.2) is 0 Å². The molecule has 0 aliphatic rings. The molecule has 0 spiro atoms. The van der Waals surface area contributed by atoms with E-state index in [-0.39, 0.29) is 18.3 Å². The van der Waals surface area contributed by atoms with Crippen LogP contribution in [-0.4, -0.2) is 41.1 Å². The van der Waals surface area contributed by atoms with Gasteiger partial charge in [-0.05, 0) is 24.3 Å². The van der Waals surface area contributed by atoms with Gasteiger partial charge >= 0.3 is 0 Å². The Balaban J connectivity index is 1.40. The van der Waals surface area contributed by atoms with Gasteiger partial charge in [-0.1, -0.05) is 24.3 Å². The van der Waals surface area contributed by atoms with E-state index in [1.165, 1.54) is 4.80 Å². The number of para-hydroxylation sites is 1. The molecule has 3 aromatic heterocycles. The lowest BCUT2D eigenvalue weighted by Crippen LogP contribution is -2.16. The first-order valence-corrected chi connectivity index (χ1v) is 7.88. The van der Waals surface area contributed by atoms with Crippen molar-refractivity contribution in [2.24, 2.45) is 0 Å². The SMILES string of the molecule is O=C(Cc1cnn(-c2ccccc2)n1)Nc1n[nH]c(-c2ccccn2)n1. The summed E-state index contributed by atoms with van der Waals surface area (Å²) in [6, 6.07) is 14.9. The Morgan fingerprint density at radius 2 is 1.96 bits per heavy atom. The number of aromatic nitrogens is 7. The van der Waals surface area contributed by atoms with Crippen LogP contribution in [0.25, 0.3) is 17.2 Å². The molecule has 26 heavy (non-hydrogen) atoms. The van der Waals surface area contributed by atoms with Crippen molar-refractivity contribution in [3.63, 3.8) is 0 Å². The van der Waals surface area contributed by atoms with Crippen molar-refractivity contribution in [1.82, 2.24) is 35.2 Å². The number of hydrogen-bond acceptors (Lipinski definition) is 6. The summed E-state index contributed by atoms with van der Waals surface area (Å²) in [6.45, 7) is 0. The zero-order valence-corrected chi connectivity index (χ0v) is 13.6. The van der Waals surface area contributed by atoms with Crippen LogP contribution < -0.4 is 5.32 Å². The second kappa shape index (κ2) is 6.93. The average Bonchev–Trinajstić information content (AvgIpc) is 3.33. The maximum absolute atomic E-state index is 12.2. The van der Waals surface area contributed by atoms with E-state index in [4.69, 9.17) is 0 Å². The molecule has 4 aromatic rings. The number of rotatable bonds is 5. The maximum atomic E-state index is 12.2. The second-order valence-corrected chi connectivity index (χ2v) is 5.41. The van der Waals surface area contributed by atoms with Crippen LogP contribution in [0.5, 0.6) is 0 Å². The third kappa shape index (κ3) is 3.46. The van der Waals surface area contributed by atoms with Gasteiger partial charge in [0.25, 0.3) is 0 Å². The predicted molar refractivity (Wildman–Crippen MR) is 93.3 cm³/mol. The number of hydrogen-bond donors (Lipinski definition) is 2. The highest BCUT2D eigenvalue weighted by Gasteiger charge is 2.12. The number of amides is 1. The first-order chi connectivity index (χ1) is 12.8. The van der Waals surface area contributed by atoms with Gasteiger partial charge in [0.1, 0.15) is 5.69 Å². The van der Waals surface area contributed by atoms with E-state index in [0.717, 1.165) is 5.69 Å². The number of carbonyl (C=O) groups is 1. The smallest absolute Gasteiger partial charge is 0.249 e. The highest BCUT2D eigenvalue weighted by molar-refractivity contribution is 5.90.